The van der Waals surface area contributed by atoms with Crippen LogP contribution in [0, 0.1) is 12.8 Å². The van der Waals surface area contributed by atoms with Gasteiger partial charge in [-0.25, -0.2) is 0 Å². The van der Waals surface area contributed by atoms with Gasteiger partial charge >= 0.3 is 0 Å². The quantitative estimate of drug-likeness (QED) is 0.787. The molecule has 3 heteroatoms. The largest absolute Gasteiger partial charge is 0.356 e. The molecule has 88 valence electrons. The van der Waals surface area contributed by atoms with Crippen molar-refractivity contribution in [3.8, 4) is 0 Å². The van der Waals surface area contributed by atoms with E-state index in [1.807, 2.05) is 13.0 Å². The molecule has 0 fully saturated rings. The van der Waals surface area contributed by atoms with E-state index >= 15 is 0 Å². The SMILES string of the molecule is Cc1cccc(CCNC(=O)C(C)CCl)c1. The number of amides is 1. The van der Waals surface area contributed by atoms with Crippen LogP contribution in [-0.2, 0) is 11.2 Å². The summed E-state index contributed by atoms with van der Waals surface area (Å²) in [4.78, 5) is 11.4. The first-order chi connectivity index (χ1) is 7.63. The molecule has 0 saturated heterocycles. The zero-order valence-corrected chi connectivity index (χ0v) is 10.6. The zero-order valence-electron chi connectivity index (χ0n) is 9.79. The number of hydrogen-bond acceptors (Lipinski definition) is 1. The first kappa shape index (κ1) is 13.0. The molecular formula is C13H18ClNO. The van der Waals surface area contributed by atoms with Crippen LogP contribution in [0.5, 0.6) is 0 Å². The molecule has 2 nitrogen and oxygen atoms in total. The average molecular weight is 240 g/mol. The Morgan fingerprint density at radius 3 is 2.88 bits per heavy atom. The van der Waals surface area contributed by atoms with Crippen LogP contribution in [0.4, 0.5) is 0 Å². The highest BCUT2D eigenvalue weighted by molar-refractivity contribution is 6.19. The Labute approximate surface area is 102 Å². The van der Waals surface area contributed by atoms with E-state index in [2.05, 4.69) is 30.4 Å². The lowest BCUT2D eigenvalue weighted by Crippen LogP contribution is -2.31. The van der Waals surface area contributed by atoms with Gasteiger partial charge in [-0.05, 0) is 18.9 Å². The Morgan fingerprint density at radius 2 is 2.25 bits per heavy atom. The lowest BCUT2D eigenvalue weighted by molar-refractivity contribution is -0.123. The lowest BCUT2D eigenvalue weighted by Gasteiger charge is -2.09. The summed E-state index contributed by atoms with van der Waals surface area (Å²) in [6.07, 6.45) is 0.864. The Hall–Kier alpha value is -1.02. The van der Waals surface area contributed by atoms with Gasteiger partial charge in [0.15, 0.2) is 0 Å². The summed E-state index contributed by atoms with van der Waals surface area (Å²) in [7, 11) is 0. The summed E-state index contributed by atoms with van der Waals surface area (Å²) in [5.74, 6) is 0.290. The van der Waals surface area contributed by atoms with E-state index < -0.39 is 0 Å². The number of rotatable bonds is 5. The minimum atomic E-state index is -0.112. The van der Waals surface area contributed by atoms with E-state index in [4.69, 9.17) is 11.6 Å². The van der Waals surface area contributed by atoms with Gasteiger partial charge < -0.3 is 5.32 Å². The van der Waals surface area contributed by atoms with Gasteiger partial charge in [-0.15, -0.1) is 11.6 Å². The van der Waals surface area contributed by atoms with Gasteiger partial charge in [0.05, 0.1) is 0 Å². The van der Waals surface area contributed by atoms with Gasteiger partial charge in [0.25, 0.3) is 0 Å². The minimum absolute atomic E-state index is 0.0302. The van der Waals surface area contributed by atoms with Crippen molar-refractivity contribution in [2.75, 3.05) is 12.4 Å². The van der Waals surface area contributed by atoms with E-state index in [0.717, 1.165) is 6.42 Å². The molecule has 0 heterocycles. The van der Waals surface area contributed by atoms with Crippen molar-refractivity contribution in [1.29, 1.82) is 0 Å². The molecule has 0 aromatic heterocycles. The second-order valence-electron chi connectivity index (χ2n) is 4.09. The van der Waals surface area contributed by atoms with Crippen molar-refractivity contribution in [3.63, 3.8) is 0 Å². The third-order valence-electron chi connectivity index (χ3n) is 2.47. The summed E-state index contributed by atoms with van der Waals surface area (Å²) in [5.41, 5.74) is 2.50. The smallest absolute Gasteiger partial charge is 0.224 e. The normalized spacial score (nSPS) is 12.2. The number of carbonyl (C=O) groups is 1. The predicted molar refractivity (Wildman–Crippen MR) is 67.8 cm³/mol. The van der Waals surface area contributed by atoms with Crippen LogP contribution in [0.1, 0.15) is 18.1 Å². The molecule has 0 saturated carbocycles. The Kier molecular flexibility index (Phi) is 5.33. The highest BCUT2D eigenvalue weighted by Gasteiger charge is 2.09. The Bertz CT molecular complexity index is 352. The molecule has 1 atom stereocenters. The Balaban J connectivity index is 2.33. The maximum Gasteiger partial charge on any atom is 0.224 e. The van der Waals surface area contributed by atoms with Crippen LogP contribution in [0.25, 0.3) is 0 Å². The first-order valence-electron chi connectivity index (χ1n) is 5.52. The lowest BCUT2D eigenvalue weighted by atomic mass is 10.1. The van der Waals surface area contributed by atoms with Crippen LogP contribution in [-0.4, -0.2) is 18.3 Å². The fraction of sp³-hybridized carbons (Fsp3) is 0.462. The van der Waals surface area contributed by atoms with Crippen molar-refractivity contribution in [2.45, 2.75) is 20.3 Å². The number of aryl methyl sites for hydroxylation is 1. The molecule has 1 rings (SSSR count). The topological polar surface area (TPSA) is 29.1 Å². The number of alkyl halides is 1. The third kappa shape index (κ3) is 4.23. The molecule has 1 aromatic carbocycles. The van der Waals surface area contributed by atoms with E-state index in [1.54, 1.807) is 0 Å². The van der Waals surface area contributed by atoms with Gasteiger partial charge in [-0.2, -0.15) is 0 Å². The highest BCUT2D eigenvalue weighted by Crippen LogP contribution is 2.04. The monoisotopic (exact) mass is 239 g/mol. The molecule has 0 aliphatic rings. The van der Waals surface area contributed by atoms with Gasteiger partial charge in [-0.3, -0.25) is 4.79 Å². The number of hydrogen-bond donors (Lipinski definition) is 1. The fourth-order valence-corrected chi connectivity index (χ4v) is 1.58. The van der Waals surface area contributed by atoms with Crippen LogP contribution in [0.2, 0.25) is 0 Å². The van der Waals surface area contributed by atoms with Crippen LogP contribution in [0.15, 0.2) is 24.3 Å². The molecule has 1 amide bonds. The molecule has 1 aromatic rings. The maximum atomic E-state index is 11.4. The molecule has 0 aliphatic heterocycles. The van der Waals surface area contributed by atoms with Crippen molar-refractivity contribution >= 4 is 17.5 Å². The second kappa shape index (κ2) is 6.54. The number of carbonyl (C=O) groups excluding carboxylic acids is 1. The average Bonchev–Trinajstić information content (AvgIpc) is 2.28. The van der Waals surface area contributed by atoms with Crippen LogP contribution in [0.3, 0.4) is 0 Å². The molecule has 1 unspecified atom stereocenters. The van der Waals surface area contributed by atoms with E-state index in [1.165, 1.54) is 11.1 Å². The van der Waals surface area contributed by atoms with E-state index in [9.17, 15) is 4.79 Å². The van der Waals surface area contributed by atoms with Crippen LogP contribution >= 0.6 is 11.6 Å². The molecule has 0 radical (unpaired) electrons. The number of nitrogens with one attached hydrogen (secondary N) is 1. The van der Waals surface area contributed by atoms with Crippen molar-refractivity contribution in [3.05, 3.63) is 35.4 Å². The zero-order chi connectivity index (χ0) is 12.0. The molecule has 1 N–H and O–H groups in total. The van der Waals surface area contributed by atoms with E-state index in [-0.39, 0.29) is 11.8 Å². The van der Waals surface area contributed by atoms with Gasteiger partial charge in [0.1, 0.15) is 0 Å². The van der Waals surface area contributed by atoms with Gasteiger partial charge in [-0.1, -0.05) is 36.8 Å². The summed E-state index contributed by atoms with van der Waals surface area (Å²) in [6, 6.07) is 8.31. The first-order valence-corrected chi connectivity index (χ1v) is 6.06. The van der Waals surface area contributed by atoms with Gasteiger partial charge in [0, 0.05) is 18.3 Å². The molecule has 16 heavy (non-hydrogen) atoms. The summed E-state index contributed by atoms with van der Waals surface area (Å²) >= 11 is 5.60. The van der Waals surface area contributed by atoms with Gasteiger partial charge in [0.2, 0.25) is 5.91 Å². The third-order valence-corrected chi connectivity index (χ3v) is 2.94. The fourth-order valence-electron chi connectivity index (χ4n) is 1.44. The summed E-state index contributed by atoms with van der Waals surface area (Å²) in [6.45, 7) is 4.57. The molecule has 0 bridgehead atoms. The number of benzene rings is 1. The van der Waals surface area contributed by atoms with E-state index in [0.29, 0.717) is 12.4 Å². The standard InChI is InChI=1S/C13H18ClNO/c1-10-4-3-5-12(8-10)6-7-15-13(16)11(2)9-14/h3-5,8,11H,6-7,9H2,1-2H3,(H,15,16). The number of halogens is 1. The van der Waals surface area contributed by atoms with Crippen molar-refractivity contribution in [1.82, 2.24) is 5.32 Å². The second-order valence-corrected chi connectivity index (χ2v) is 4.39. The summed E-state index contributed by atoms with van der Waals surface area (Å²) < 4.78 is 0. The minimum Gasteiger partial charge on any atom is -0.356 e. The highest BCUT2D eigenvalue weighted by atomic mass is 35.5. The Morgan fingerprint density at radius 1 is 1.50 bits per heavy atom. The van der Waals surface area contributed by atoms with Crippen molar-refractivity contribution in [2.24, 2.45) is 5.92 Å². The predicted octanol–water partition coefficient (Wildman–Crippen LogP) is 2.53. The molecule has 0 spiro atoms. The molecule has 0 aliphatic carbocycles. The maximum absolute atomic E-state index is 11.4. The van der Waals surface area contributed by atoms with Crippen molar-refractivity contribution < 1.29 is 4.79 Å². The summed E-state index contributed by atoms with van der Waals surface area (Å²) in [5, 5.41) is 2.88. The van der Waals surface area contributed by atoms with Crippen LogP contribution < -0.4 is 5.32 Å². The molecular weight excluding hydrogens is 222 g/mol.